The van der Waals surface area contributed by atoms with Crippen molar-refractivity contribution in [3.8, 4) is 0 Å². The van der Waals surface area contributed by atoms with E-state index >= 15 is 0 Å². The first kappa shape index (κ1) is 11.0. The summed E-state index contributed by atoms with van der Waals surface area (Å²) in [5.41, 5.74) is 0.545. The van der Waals surface area contributed by atoms with Crippen molar-refractivity contribution < 1.29 is 14.3 Å². The Morgan fingerprint density at radius 3 is 2.93 bits per heavy atom. The fraction of sp³-hybridized carbons (Fsp3) is 0. The lowest BCUT2D eigenvalue weighted by Crippen LogP contribution is -1.95. The molecule has 0 unspecified atom stereocenters. The van der Waals surface area contributed by atoms with Crippen molar-refractivity contribution >= 4 is 34.2 Å². The summed E-state index contributed by atoms with van der Waals surface area (Å²) in [5, 5.41) is 11.0. The van der Waals surface area contributed by atoms with E-state index in [0.717, 1.165) is 6.08 Å². The van der Waals surface area contributed by atoms with E-state index in [2.05, 4.69) is 5.32 Å². The van der Waals surface area contributed by atoms with E-state index in [1.165, 1.54) is 12.3 Å². The molecule has 0 heterocycles. The number of rotatable bonds is 3. The molecule has 0 saturated heterocycles. The summed E-state index contributed by atoms with van der Waals surface area (Å²) in [6, 6.07) is 4.55. The number of carbonyl (C=O) groups is 1. The van der Waals surface area contributed by atoms with Gasteiger partial charge in [0.25, 0.3) is 0 Å². The highest BCUT2D eigenvalue weighted by atomic mass is 127. The Kier molecular flexibility index (Phi) is 3.87. The number of hydrogen-bond donors (Lipinski definition) is 2. The van der Waals surface area contributed by atoms with Gasteiger partial charge in [-0.3, -0.25) is 0 Å². The Balaban J connectivity index is 2.77. The molecule has 0 fully saturated rings. The van der Waals surface area contributed by atoms with Gasteiger partial charge in [-0.05, 0) is 34.7 Å². The van der Waals surface area contributed by atoms with Gasteiger partial charge < -0.3 is 10.4 Å². The number of hydrogen-bond acceptors (Lipinski definition) is 2. The largest absolute Gasteiger partial charge is 0.478 e. The molecule has 0 bridgehead atoms. The number of aliphatic carboxylic acids is 1. The van der Waals surface area contributed by atoms with Crippen molar-refractivity contribution in [3.63, 3.8) is 0 Å². The van der Waals surface area contributed by atoms with Gasteiger partial charge >= 0.3 is 5.97 Å². The second kappa shape index (κ2) is 4.94. The number of halogens is 2. The minimum Gasteiger partial charge on any atom is -0.478 e. The second-order valence-electron chi connectivity index (χ2n) is 2.42. The van der Waals surface area contributed by atoms with Crippen LogP contribution < -0.4 is 5.32 Å². The molecule has 74 valence electrons. The summed E-state index contributed by atoms with van der Waals surface area (Å²) < 4.78 is 13.4. The lowest BCUT2D eigenvalue weighted by molar-refractivity contribution is -0.131. The van der Waals surface area contributed by atoms with Crippen molar-refractivity contribution in [2.24, 2.45) is 0 Å². The SMILES string of the molecule is O=C(O)/C=C/Nc1cccc(F)c1I. The predicted octanol–water partition coefficient (Wildman–Crippen LogP) is 2.44. The highest BCUT2D eigenvalue weighted by Crippen LogP contribution is 2.20. The molecule has 0 aliphatic carbocycles. The van der Waals surface area contributed by atoms with Gasteiger partial charge in [0.15, 0.2) is 0 Å². The van der Waals surface area contributed by atoms with Crippen LogP contribution in [-0.2, 0) is 4.79 Å². The van der Waals surface area contributed by atoms with Crippen molar-refractivity contribution in [3.05, 3.63) is 39.9 Å². The van der Waals surface area contributed by atoms with Crippen molar-refractivity contribution in [2.45, 2.75) is 0 Å². The van der Waals surface area contributed by atoms with Crippen LogP contribution in [0.1, 0.15) is 0 Å². The molecule has 0 spiro atoms. The van der Waals surface area contributed by atoms with E-state index in [-0.39, 0.29) is 5.82 Å². The third kappa shape index (κ3) is 2.99. The van der Waals surface area contributed by atoms with Crippen LogP contribution in [0.2, 0.25) is 0 Å². The molecule has 3 nitrogen and oxygen atoms in total. The van der Waals surface area contributed by atoms with Gasteiger partial charge in [0, 0.05) is 12.3 Å². The molecule has 0 saturated carbocycles. The minimum atomic E-state index is -1.05. The lowest BCUT2D eigenvalue weighted by atomic mass is 10.3. The third-order valence-electron chi connectivity index (χ3n) is 1.42. The lowest BCUT2D eigenvalue weighted by Gasteiger charge is -2.03. The normalized spacial score (nSPS) is 10.4. The number of carboxylic acids is 1. The molecular formula is C9H7FINO2. The Morgan fingerprint density at radius 1 is 1.57 bits per heavy atom. The summed E-state index contributed by atoms with van der Waals surface area (Å²) >= 11 is 1.84. The monoisotopic (exact) mass is 307 g/mol. The number of nitrogens with one attached hydrogen (secondary N) is 1. The van der Waals surface area contributed by atoms with Crippen LogP contribution in [0.3, 0.4) is 0 Å². The molecule has 0 radical (unpaired) electrons. The van der Waals surface area contributed by atoms with Gasteiger partial charge in [-0.15, -0.1) is 0 Å². The van der Waals surface area contributed by atoms with E-state index in [0.29, 0.717) is 9.26 Å². The average molecular weight is 307 g/mol. The molecular weight excluding hydrogens is 300 g/mol. The minimum absolute atomic E-state index is 0.334. The van der Waals surface area contributed by atoms with Crippen LogP contribution in [0.4, 0.5) is 10.1 Å². The van der Waals surface area contributed by atoms with E-state index in [1.807, 2.05) is 22.6 Å². The van der Waals surface area contributed by atoms with Crippen LogP contribution in [-0.4, -0.2) is 11.1 Å². The van der Waals surface area contributed by atoms with E-state index in [4.69, 9.17) is 5.11 Å². The summed E-state index contributed by atoms with van der Waals surface area (Å²) in [5.74, 6) is -1.39. The maximum atomic E-state index is 13.0. The zero-order chi connectivity index (χ0) is 10.6. The molecule has 0 atom stereocenters. The van der Waals surface area contributed by atoms with E-state index in [9.17, 15) is 9.18 Å². The molecule has 0 aliphatic rings. The van der Waals surface area contributed by atoms with Crippen LogP contribution in [0, 0.1) is 9.39 Å². The van der Waals surface area contributed by atoms with Crippen LogP contribution in [0.5, 0.6) is 0 Å². The summed E-state index contributed by atoms with van der Waals surface area (Å²) in [4.78, 5) is 10.1. The Morgan fingerprint density at radius 2 is 2.29 bits per heavy atom. The Labute approximate surface area is 93.8 Å². The number of benzene rings is 1. The van der Waals surface area contributed by atoms with E-state index < -0.39 is 5.97 Å². The highest BCUT2D eigenvalue weighted by molar-refractivity contribution is 14.1. The Bertz CT molecular complexity index is 379. The molecule has 1 aromatic carbocycles. The zero-order valence-electron chi connectivity index (χ0n) is 7.00. The maximum Gasteiger partial charge on any atom is 0.329 e. The van der Waals surface area contributed by atoms with E-state index in [1.54, 1.807) is 12.1 Å². The molecule has 0 aliphatic heterocycles. The van der Waals surface area contributed by atoms with Gasteiger partial charge in [0.05, 0.1) is 9.26 Å². The first-order chi connectivity index (χ1) is 6.61. The highest BCUT2D eigenvalue weighted by Gasteiger charge is 2.02. The van der Waals surface area contributed by atoms with Crippen LogP contribution in [0.15, 0.2) is 30.5 Å². The van der Waals surface area contributed by atoms with Gasteiger partial charge in [-0.2, -0.15) is 0 Å². The molecule has 0 aromatic heterocycles. The quantitative estimate of drug-likeness (QED) is 0.666. The fourth-order valence-corrected chi connectivity index (χ4v) is 1.33. The van der Waals surface area contributed by atoms with Gasteiger partial charge in [0.1, 0.15) is 5.82 Å². The molecule has 1 aromatic rings. The second-order valence-corrected chi connectivity index (χ2v) is 3.50. The zero-order valence-corrected chi connectivity index (χ0v) is 9.16. The van der Waals surface area contributed by atoms with Gasteiger partial charge in [0.2, 0.25) is 0 Å². The summed E-state index contributed by atoms with van der Waals surface area (Å²) in [6.45, 7) is 0. The number of anilines is 1. The average Bonchev–Trinajstić information content (AvgIpc) is 2.12. The topological polar surface area (TPSA) is 49.3 Å². The van der Waals surface area contributed by atoms with Crippen molar-refractivity contribution in [2.75, 3.05) is 5.32 Å². The fourth-order valence-electron chi connectivity index (χ4n) is 0.818. The maximum absolute atomic E-state index is 13.0. The molecule has 1 rings (SSSR count). The first-order valence-corrected chi connectivity index (χ1v) is 4.79. The predicted molar refractivity (Wildman–Crippen MR) is 59.5 cm³/mol. The first-order valence-electron chi connectivity index (χ1n) is 3.71. The smallest absolute Gasteiger partial charge is 0.329 e. The summed E-state index contributed by atoms with van der Waals surface area (Å²) in [6.07, 6.45) is 2.19. The molecule has 5 heteroatoms. The molecule has 2 N–H and O–H groups in total. The third-order valence-corrected chi connectivity index (χ3v) is 2.51. The molecule has 0 amide bonds. The van der Waals surface area contributed by atoms with Crippen molar-refractivity contribution in [1.29, 1.82) is 0 Å². The molecule has 14 heavy (non-hydrogen) atoms. The standard InChI is InChI=1S/C9H7FINO2/c10-6-2-1-3-7(9(6)11)12-5-4-8(13)14/h1-5,12H,(H,13,14)/b5-4+. The Hall–Kier alpha value is -1.11. The number of carboxylic acid groups (broad SMARTS) is 1. The summed E-state index contributed by atoms with van der Waals surface area (Å²) in [7, 11) is 0. The van der Waals surface area contributed by atoms with Crippen LogP contribution in [0.25, 0.3) is 0 Å². The van der Waals surface area contributed by atoms with Gasteiger partial charge in [-0.1, -0.05) is 6.07 Å². The van der Waals surface area contributed by atoms with Gasteiger partial charge in [-0.25, -0.2) is 9.18 Å². The van der Waals surface area contributed by atoms with Crippen molar-refractivity contribution in [1.82, 2.24) is 0 Å². The van der Waals surface area contributed by atoms with Crippen LogP contribution >= 0.6 is 22.6 Å².